The molecule has 4 heteroatoms. The second kappa shape index (κ2) is 8.30. The lowest BCUT2D eigenvalue weighted by Gasteiger charge is -2.08. The van der Waals surface area contributed by atoms with Crippen molar-refractivity contribution in [3.05, 3.63) is 24.3 Å². The van der Waals surface area contributed by atoms with Crippen LogP contribution in [0.5, 0.6) is 5.75 Å². The van der Waals surface area contributed by atoms with Gasteiger partial charge in [-0.1, -0.05) is 12.1 Å². The van der Waals surface area contributed by atoms with Gasteiger partial charge in [0.1, 0.15) is 5.75 Å². The molecule has 0 aliphatic rings. The Morgan fingerprint density at radius 2 is 2.00 bits per heavy atom. The van der Waals surface area contributed by atoms with E-state index in [1.165, 1.54) is 0 Å². The lowest BCUT2D eigenvalue weighted by Crippen LogP contribution is -2.03. The molecule has 1 aromatic carbocycles. The van der Waals surface area contributed by atoms with Crippen LogP contribution in [0.2, 0.25) is 0 Å². The van der Waals surface area contributed by atoms with Crippen molar-refractivity contribution in [1.29, 1.82) is 0 Å². The van der Waals surface area contributed by atoms with E-state index in [0.717, 1.165) is 30.3 Å². The van der Waals surface area contributed by atoms with E-state index >= 15 is 0 Å². The average Bonchev–Trinajstić information content (AvgIpc) is 2.30. The van der Waals surface area contributed by atoms with Crippen LogP contribution in [0.3, 0.4) is 0 Å². The lowest BCUT2D eigenvalue weighted by molar-refractivity contribution is 0.200. The summed E-state index contributed by atoms with van der Waals surface area (Å²) in [5.74, 6) is 2.87. The minimum Gasteiger partial charge on any atom is -0.491 e. The second-order valence-electron chi connectivity index (χ2n) is 3.35. The first-order valence-electron chi connectivity index (χ1n) is 5.38. The fourth-order valence-electron chi connectivity index (χ4n) is 1.23. The zero-order valence-corrected chi connectivity index (χ0v) is 10.5. The Kier molecular flexibility index (Phi) is 6.85. The molecule has 90 valence electrons. The SMILES string of the molecule is COCCCSCCOc1ccccc1N. The molecule has 0 radical (unpaired) electrons. The van der Waals surface area contributed by atoms with Gasteiger partial charge in [-0.05, 0) is 24.3 Å². The van der Waals surface area contributed by atoms with Gasteiger partial charge in [0.25, 0.3) is 0 Å². The molecule has 0 heterocycles. The summed E-state index contributed by atoms with van der Waals surface area (Å²) in [6, 6.07) is 7.57. The maximum atomic E-state index is 5.75. The molecule has 0 saturated carbocycles. The summed E-state index contributed by atoms with van der Waals surface area (Å²) in [5.41, 5.74) is 6.45. The molecule has 0 fully saturated rings. The third-order valence-corrected chi connectivity index (χ3v) is 3.07. The van der Waals surface area contributed by atoms with Crippen LogP contribution in [0.25, 0.3) is 0 Å². The normalized spacial score (nSPS) is 10.3. The Labute approximate surface area is 101 Å². The average molecular weight is 241 g/mol. The summed E-state index contributed by atoms with van der Waals surface area (Å²) in [7, 11) is 1.73. The number of benzene rings is 1. The number of nitrogens with two attached hydrogens (primary N) is 1. The van der Waals surface area contributed by atoms with E-state index in [1.807, 2.05) is 36.0 Å². The van der Waals surface area contributed by atoms with Gasteiger partial charge in [0, 0.05) is 19.5 Å². The molecule has 16 heavy (non-hydrogen) atoms. The minimum atomic E-state index is 0.700. The molecular formula is C12H19NO2S. The van der Waals surface area contributed by atoms with Gasteiger partial charge in [0.05, 0.1) is 12.3 Å². The Morgan fingerprint density at radius 3 is 2.75 bits per heavy atom. The lowest BCUT2D eigenvalue weighted by atomic mass is 10.3. The van der Waals surface area contributed by atoms with Gasteiger partial charge in [0.15, 0.2) is 0 Å². The van der Waals surface area contributed by atoms with Crippen molar-refractivity contribution in [1.82, 2.24) is 0 Å². The van der Waals surface area contributed by atoms with Gasteiger partial charge >= 0.3 is 0 Å². The highest BCUT2D eigenvalue weighted by Gasteiger charge is 1.97. The number of thioether (sulfide) groups is 1. The molecule has 1 aromatic rings. The zero-order valence-electron chi connectivity index (χ0n) is 9.65. The minimum absolute atomic E-state index is 0.700. The number of methoxy groups -OCH3 is 1. The van der Waals surface area contributed by atoms with Crippen LogP contribution in [0.1, 0.15) is 6.42 Å². The van der Waals surface area contributed by atoms with E-state index < -0.39 is 0 Å². The molecule has 0 aliphatic carbocycles. The van der Waals surface area contributed by atoms with Crippen LogP contribution in [0.15, 0.2) is 24.3 Å². The number of para-hydroxylation sites is 2. The maximum Gasteiger partial charge on any atom is 0.142 e. The second-order valence-corrected chi connectivity index (χ2v) is 4.57. The first-order valence-corrected chi connectivity index (χ1v) is 6.54. The molecule has 0 aromatic heterocycles. The van der Waals surface area contributed by atoms with Crippen molar-refractivity contribution in [2.24, 2.45) is 0 Å². The van der Waals surface area contributed by atoms with Crippen LogP contribution in [0, 0.1) is 0 Å². The quantitative estimate of drug-likeness (QED) is 0.561. The largest absolute Gasteiger partial charge is 0.491 e. The van der Waals surface area contributed by atoms with Gasteiger partial charge < -0.3 is 15.2 Å². The zero-order chi connectivity index (χ0) is 11.6. The summed E-state index contributed by atoms with van der Waals surface area (Å²) in [6.07, 6.45) is 1.09. The number of ether oxygens (including phenoxy) is 2. The number of rotatable bonds is 8. The third kappa shape index (κ3) is 5.28. The van der Waals surface area contributed by atoms with E-state index in [9.17, 15) is 0 Å². The number of nitrogen functional groups attached to an aromatic ring is 1. The molecule has 0 bridgehead atoms. The van der Waals surface area contributed by atoms with Gasteiger partial charge in [-0.15, -0.1) is 0 Å². The molecule has 0 unspecified atom stereocenters. The van der Waals surface area contributed by atoms with Crippen LogP contribution < -0.4 is 10.5 Å². The molecule has 0 atom stereocenters. The van der Waals surface area contributed by atoms with E-state index in [2.05, 4.69) is 0 Å². The Hall–Kier alpha value is -0.870. The van der Waals surface area contributed by atoms with Crippen molar-refractivity contribution in [2.45, 2.75) is 6.42 Å². The molecule has 0 saturated heterocycles. The van der Waals surface area contributed by atoms with Gasteiger partial charge in [-0.2, -0.15) is 11.8 Å². The highest BCUT2D eigenvalue weighted by Crippen LogP contribution is 2.19. The predicted octanol–water partition coefficient (Wildman–Crippen LogP) is 2.42. The number of hydrogen-bond donors (Lipinski definition) is 1. The first kappa shape index (κ1) is 13.2. The molecule has 3 nitrogen and oxygen atoms in total. The summed E-state index contributed by atoms with van der Waals surface area (Å²) in [5, 5.41) is 0. The fraction of sp³-hybridized carbons (Fsp3) is 0.500. The van der Waals surface area contributed by atoms with E-state index in [1.54, 1.807) is 7.11 Å². The van der Waals surface area contributed by atoms with Crippen molar-refractivity contribution in [3.8, 4) is 5.75 Å². The van der Waals surface area contributed by atoms with Gasteiger partial charge in [-0.3, -0.25) is 0 Å². The Morgan fingerprint density at radius 1 is 1.19 bits per heavy atom. The molecule has 1 rings (SSSR count). The Bertz CT molecular complexity index is 294. The number of anilines is 1. The van der Waals surface area contributed by atoms with Crippen LogP contribution in [-0.2, 0) is 4.74 Å². The van der Waals surface area contributed by atoms with E-state index in [0.29, 0.717) is 12.3 Å². The highest BCUT2D eigenvalue weighted by atomic mass is 32.2. The van der Waals surface area contributed by atoms with Crippen LogP contribution >= 0.6 is 11.8 Å². The molecule has 0 aliphatic heterocycles. The van der Waals surface area contributed by atoms with Crippen LogP contribution in [-0.4, -0.2) is 31.8 Å². The van der Waals surface area contributed by atoms with Crippen molar-refractivity contribution in [3.63, 3.8) is 0 Å². The topological polar surface area (TPSA) is 44.5 Å². The summed E-state index contributed by atoms with van der Waals surface area (Å²) in [6.45, 7) is 1.53. The molecule has 0 amide bonds. The van der Waals surface area contributed by atoms with Crippen LogP contribution in [0.4, 0.5) is 5.69 Å². The number of hydrogen-bond acceptors (Lipinski definition) is 4. The predicted molar refractivity (Wildman–Crippen MR) is 70.2 cm³/mol. The Balaban J connectivity index is 2.05. The summed E-state index contributed by atoms with van der Waals surface area (Å²) in [4.78, 5) is 0. The maximum absolute atomic E-state index is 5.75. The fourth-order valence-corrected chi connectivity index (χ4v) is 1.96. The molecular weight excluding hydrogens is 222 g/mol. The third-order valence-electron chi connectivity index (χ3n) is 2.04. The smallest absolute Gasteiger partial charge is 0.142 e. The first-order chi connectivity index (χ1) is 7.84. The molecule has 0 spiro atoms. The monoisotopic (exact) mass is 241 g/mol. The summed E-state index contributed by atoms with van der Waals surface area (Å²) < 4.78 is 10.5. The standard InChI is InChI=1S/C12H19NO2S/c1-14-7-4-9-16-10-8-15-12-6-3-2-5-11(12)13/h2-3,5-6H,4,7-10,13H2,1H3. The molecule has 2 N–H and O–H groups in total. The summed E-state index contributed by atoms with van der Waals surface area (Å²) >= 11 is 1.87. The highest BCUT2D eigenvalue weighted by molar-refractivity contribution is 7.99. The van der Waals surface area contributed by atoms with E-state index in [-0.39, 0.29) is 0 Å². The van der Waals surface area contributed by atoms with Gasteiger partial charge in [-0.25, -0.2) is 0 Å². The van der Waals surface area contributed by atoms with Crippen molar-refractivity contribution >= 4 is 17.4 Å². The van der Waals surface area contributed by atoms with E-state index in [4.69, 9.17) is 15.2 Å². The van der Waals surface area contributed by atoms with Crippen molar-refractivity contribution < 1.29 is 9.47 Å². The van der Waals surface area contributed by atoms with Crippen molar-refractivity contribution in [2.75, 3.05) is 37.6 Å². The van der Waals surface area contributed by atoms with Gasteiger partial charge in [0.2, 0.25) is 0 Å².